The molecule has 2 aromatic carbocycles. The lowest BCUT2D eigenvalue weighted by Crippen LogP contribution is -2.38. The van der Waals surface area contributed by atoms with Gasteiger partial charge in [-0.3, -0.25) is 4.79 Å². The smallest absolute Gasteiger partial charge is 0.407 e. The van der Waals surface area contributed by atoms with Crippen LogP contribution in [0.5, 0.6) is 0 Å². The van der Waals surface area contributed by atoms with Crippen molar-refractivity contribution in [2.75, 3.05) is 11.1 Å². The molecular formula is C29H39ClN4O5. The molecule has 0 radical (unpaired) electrons. The van der Waals surface area contributed by atoms with Crippen LogP contribution >= 0.6 is 12.4 Å². The van der Waals surface area contributed by atoms with Crippen LogP contribution in [0.25, 0.3) is 21.9 Å². The fourth-order valence-electron chi connectivity index (χ4n) is 4.15. The molecule has 39 heavy (non-hydrogen) atoms. The van der Waals surface area contributed by atoms with E-state index in [0.717, 1.165) is 45.2 Å². The summed E-state index contributed by atoms with van der Waals surface area (Å²) in [6, 6.07) is 11.3. The molecule has 9 nitrogen and oxygen atoms in total. The van der Waals surface area contributed by atoms with Gasteiger partial charge in [-0.25, -0.2) is 4.79 Å². The number of hydrogen-bond donors (Lipinski definition) is 4. The second-order valence-corrected chi connectivity index (χ2v) is 10.6. The highest BCUT2D eigenvalue weighted by molar-refractivity contribution is 5.93. The Morgan fingerprint density at radius 1 is 0.949 bits per heavy atom. The number of carbonyl (C=O) groups excluding carboxylic acids is 2. The van der Waals surface area contributed by atoms with Crippen molar-refractivity contribution in [3.05, 3.63) is 60.1 Å². The number of rotatable bonds is 6. The standard InChI is InChI=1S/C16H22N2O3.C13H16N2O2.ClH/c1-10(18-15(19)21-16(2,3)4)7-12-9-13(17)8-11-5-6-20-14(11)12;1-8(14)5-11-7-12(15-9(2)16)6-10-3-4-17-13(10)11;/h5-6,8-10H,7,17H2,1-4H3,(H,18,19);3-4,6-8H,5,14H2,1-2H3,(H,15,16);1H. The average molecular weight is 559 g/mol. The maximum atomic E-state index is 11.8. The van der Waals surface area contributed by atoms with Crippen molar-refractivity contribution in [3.63, 3.8) is 0 Å². The van der Waals surface area contributed by atoms with Crippen LogP contribution in [0.1, 0.15) is 52.7 Å². The molecule has 0 aliphatic carbocycles. The predicted molar refractivity (Wildman–Crippen MR) is 158 cm³/mol. The Kier molecular flexibility index (Phi) is 10.8. The van der Waals surface area contributed by atoms with Crippen molar-refractivity contribution in [2.24, 2.45) is 5.73 Å². The molecule has 0 aliphatic rings. The molecule has 0 saturated heterocycles. The molecule has 6 N–H and O–H groups in total. The van der Waals surface area contributed by atoms with Crippen LogP contribution in [-0.4, -0.2) is 29.7 Å². The molecule has 2 atom stereocenters. The molecule has 0 aliphatic heterocycles. The summed E-state index contributed by atoms with van der Waals surface area (Å²) in [6.07, 6.45) is 4.20. The SMILES string of the molecule is CC(=O)Nc1cc(CC(C)N)c2occc2c1.CC(Cc1cc(N)cc2ccoc12)NC(=O)OC(C)(C)C.Cl. The maximum Gasteiger partial charge on any atom is 0.407 e. The number of fused-ring (bicyclic) bond motifs is 2. The quantitative estimate of drug-likeness (QED) is 0.207. The normalized spacial score (nSPS) is 12.6. The summed E-state index contributed by atoms with van der Waals surface area (Å²) >= 11 is 0. The van der Waals surface area contributed by atoms with E-state index in [9.17, 15) is 9.59 Å². The fourth-order valence-corrected chi connectivity index (χ4v) is 4.15. The molecule has 2 amide bonds. The van der Waals surface area contributed by atoms with Gasteiger partial charge in [0.15, 0.2) is 0 Å². The van der Waals surface area contributed by atoms with Gasteiger partial charge in [-0.15, -0.1) is 12.4 Å². The zero-order valence-electron chi connectivity index (χ0n) is 23.3. The summed E-state index contributed by atoms with van der Waals surface area (Å²) in [5.74, 6) is -0.0837. The molecular weight excluding hydrogens is 520 g/mol. The van der Waals surface area contributed by atoms with E-state index in [0.29, 0.717) is 12.1 Å². The third-order valence-electron chi connectivity index (χ3n) is 5.43. The summed E-state index contributed by atoms with van der Waals surface area (Å²) in [7, 11) is 0. The number of nitrogens with two attached hydrogens (primary N) is 2. The van der Waals surface area contributed by atoms with Crippen molar-refractivity contribution in [1.82, 2.24) is 5.32 Å². The number of nitrogens with one attached hydrogen (secondary N) is 2. The van der Waals surface area contributed by atoms with Gasteiger partial charge in [0.25, 0.3) is 0 Å². The van der Waals surface area contributed by atoms with Crippen LogP contribution < -0.4 is 22.1 Å². The van der Waals surface area contributed by atoms with E-state index < -0.39 is 11.7 Å². The Hall–Kier alpha value is -3.69. The lowest BCUT2D eigenvalue weighted by molar-refractivity contribution is -0.114. The zero-order chi connectivity index (χ0) is 28.0. The fraction of sp³-hybridized carbons (Fsp3) is 0.379. The molecule has 4 aromatic rings. The highest BCUT2D eigenvalue weighted by atomic mass is 35.5. The molecule has 0 spiro atoms. The first-order valence-electron chi connectivity index (χ1n) is 12.6. The average Bonchev–Trinajstić information content (AvgIpc) is 3.41. The third kappa shape index (κ3) is 9.53. The molecule has 212 valence electrons. The first-order valence-corrected chi connectivity index (χ1v) is 12.6. The number of alkyl carbamates (subject to hydrolysis) is 1. The summed E-state index contributed by atoms with van der Waals surface area (Å²) in [6.45, 7) is 10.9. The highest BCUT2D eigenvalue weighted by Crippen LogP contribution is 2.26. The van der Waals surface area contributed by atoms with Gasteiger partial charge in [0.1, 0.15) is 16.8 Å². The monoisotopic (exact) mass is 558 g/mol. The number of hydrogen-bond acceptors (Lipinski definition) is 7. The van der Waals surface area contributed by atoms with Gasteiger partial charge >= 0.3 is 6.09 Å². The van der Waals surface area contributed by atoms with Gasteiger partial charge in [-0.2, -0.15) is 0 Å². The number of ether oxygens (including phenoxy) is 1. The van der Waals surface area contributed by atoms with Crippen molar-refractivity contribution >= 4 is 57.7 Å². The van der Waals surface area contributed by atoms with Crippen LogP contribution in [-0.2, 0) is 22.4 Å². The van der Waals surface area contributed by atoms with Crippen LogP contribution in [0.2, 0.25) is 0 Å². The molecule has 10 heteroatoms. The minimum absolute atomic E-state index is 0. The van der Waals surface area contributed by atoms with Crippen LogP contribution in [0.4, 0.5) is 16.2 Å². The third-order valence-corrected chi connectivity index (χ3v) is 5.43. The molecule has 2 unspecified atom stereocenters. The minimum atomic E-state index is -0.505. The Morgan fingerprint density at radius 2 is 1.51 bits per heavy atom. The Labute approximate surface area is 235 Å². The predicted octanol–water partition coefficient (Wildman–Crippen LogP) is 6.17. The number of carbonyl (C=O) groups is 2. The number of anilines is 2. The summed E-state index contributed by atoms with van der Waals surface area (Å²) in [4.78, 5) is 22.8. The van der Waals surface area contributed by atoms with Gasteiger partial charge < -0.3 is 35.7 Å². The molecule has 0 saturated carbocycles. The maximum absolute atomic E-state index is 11.8. The number of furan rings is 2. The van der Waals surface area contributed by atoms with Crippen molar-refractivity contribution in [2.45, 2.75) is 72.1 Å². The van der Waals surface area contributed by atoms with Gasteiger partial charge in [0, 0.05) is 41.2 Å². The Balaban J connectivity index is 0.000000272. The molecule has 2 heterocycles. The second kappa shape index (κ2) is 13.4. The first kappa shape index (κ1) is 31.5. The van der Waals surface area contributed by atoms with Gasteiger partial charge in [-0.1, -0.05) is 0 Å². The number of halogens is 1. The van der Waals surface area contributed by atoms with Gasteiger partial charge in [0.05, 0.1) is 12.5 Å². The van der Waals surface area contributed by atoms with E-state index in [1.54, 1.807) is 12.5 Å². The van der Waals surface area contributed by atoms with Crippen molar-refractivity contribution in [3.8, 4) is 0 Å². The number of benzene rings is 2. The Bertz CT molecular complexity index is 1400. The van der Waals surface area contributed by atoms with Gasteiger partial charge in [-0.05, 0) is 95.0 Å². The molecule has 0 fully saturated rings. The summed E-state index contributed by atoms with van der Waals surface area (Å²) in [5, 5.41) is 7.54. The van der Waals surface area contributed by atoms with E-state index in [1.165, 1.54) is 6.92 Å². The Morgan fingerprint density at radius 3 is 2.05 bits per heavy atom. The zero-order valence-corrected chi connectivity index (χ0v) is 24.1. The minimum Gasteiger partial charge on any atom is -0.464 e. The summed E-state index contributed by atoms with van der Waals surface area (Å²) < 4.78 is 16.2. The van der Waals surface area contributed by atoms with E-state index in [4.69, 9.17) is 25.0 Å². The molecule has 0 bridgehead atoms. The van der Waals surface area contributed by atoms with E-state index >= 15 is 0 Å². The van der Waals surface area contributed by atoms with E-state index in [1.807, 2.05) is 71.0 Å². The van der Waals surface area contributed by atoms with E-state index in [-0.39, 0.29) is 30.4 Å². The largest absolute Gasteiger partial charge is 0.464 e. The number of amides is 2. The highest BCUT2D eigenvalue weighted by Gasteiger charge is 2.18. The lowest BCUT2D eigenvalue weighted by Gasteiger charge is -2.22. The molecule has 2 aromatic heterocycles. The van der Waals surface area contributed by atoms with Crippen LogP contribution in [0, 0.1) is 0 Å². The first-order chi connectivity index (χ1) is 17.8. The lowest BCUT2D eigenvalue weighted by atomic mass is 10.0. The van der Waals surface area contributed by atoms with Gasteiger partial charge in [0.2, 0.25) is 5.91 Å². The molecule has 4 rings (SSSR count). The van der Waals surface area contributed by atoms with Crippen molar-refractivity contribution < 1.29 is 23.2 Å². The second-order valence-electron chi connectivity index (χ2n) is 10.6. The van der Waals surface area contributed by atoms with Crippen LogP contribution in [0.3, 0.4) is 0 Å². The van der Waals surface area contributed by atoms with Crippen molar-refractivity contribution in [1.29, 1.82) is 0 Å². The number of nitrogen functional groups attached to an aromatic ring is 1. The topological polar surface area (TPSA) is 146 Å². The summed E-state index contributed by atoms with van der Waals surface area (Å²) in [5.41, 5.74) is 16.3. The van der Waals surface area contributed by atoms with E-state index in [2.05, 4.69) is 10.6 Å². The van der Waals surface area contributed by atoms with Crippen LogP contribution in [0.15, 0.2) is 57.8 Å².